The molecule has 1 saturated heterocycles. The number of hydrogen-bond acceptors (Lipinski definition) is 6. The molecular weight excluding hydrogens is 344 g/mol. The molecule has 0 aliphatic carbocycles. The van der Waals surface area contributed by atoms with E-state index in [2.05, 4.69) is 21.9 Å². The minimum atomic E-state index is -0.409. The van der Waals surface area contributed by atoms with E-state index in [1.807, 2.05) is 19.9 Å². The van der Waals surface area contributed by atoms with Gasteiger partial charge in [-0.1, -0.05) is 6.07 Å². The molecule has 2 aliphatic heterocycles. The Balaban J connectivity index is 0.00000225. The second kappa shape index (κ2) is 9.59. The molecule has 1 atom stereocenters. The Morgan fingerprint density at radius 2 is 1.76 bits per heavy atom. The first kappa shape index (κ1) is 20.3. The Morgan fingerprint density at radius 3 is 2.48 bits per heavy atom. The average Bonchev–Trinajstić information content (AvgIpc) is 3.02. The first-order valence-corrected chi connectivity index (χ1v) is 8.73. The number of hydrogen-bond donors (Lipinski definition) is 1. The van der Waals surface area contributed by atoms with Gasteiger partial charge in [-0.15, -0.1) is 12.4 Å². The van der Waals surface area contributed by atoms with Crippen LogP contribution < -0.4 is 9.47 Å². The van der Waals surface area contributed by atoms with Gasteiger partial charge in [-0.3, -0.25) is 9.80 Å². The third kappa shape index (κ3) is 6.01. The van der Waals surface area contributed by atoms with Crippen molar-refractivity contribution in [3.63, 3.8) is 0 Å². The summed E-state index contributed by atoms with van der Waals surface area (Å²) >= 11 is 0. The predicted octanol–water partition coefficient (Wildman–Crippen LogP) is 1.74. The number of piperazine rings is 1. The molecule has 1 aromatic carbocycles. The molecule has 3 rings (SSSR count). The van der Waals surface area contributed by atoms with E-state index in [0.717, 1.165) is 44.2 Å². The number of fused-ring (bicyclic) bond motifs is 1. The van der Waals surface area contributed by atoms with Gasteiger partial charge >= 0.3 is 0 Å². The van der Waals surface area contributed by atoms with Crippen molar-refractivity contribution >= 4 is 12.4 Å². The van der Waals surface area contributed by atoms with Crippen LogP contribution in [0.1, 0.15) is 19.4 Å². The lowest BCUT2D eigenvalue weighted by Crippen LogP contribution is -2.48. The summed E-state index contributed by atoms with van der Waals surface area (Å²) in [6.07, 6.45) is -0.244. The Kier molecular flexibility index (Phi) is 7.78. The van der Waals surface area contributed by atoms with Crippen molar-refractivity contribution in [3.05, 3.63) is 23.8 Å². The maximum absolute atomic E-state index is 10.0. The summed E-state index contributed by atoms with van der Waals surface area (Å²) in [6, 6.07) is 6.16. The van der Waals surface area contributed by atoms with Crippen LogP contribution in [0.4, 0.5) is 0 Å². The summed E-state index contributed by atoms with van der Waals surface area (Å²) in [6.45, 7) is 10.3. The summed E-state index contributed by atoms with van der Waals surface area (Å²) in [7, 11) is 0. The third-order valence-corrected chi connectivity index (χ3v) is 4.40. The first-order valence-electron chi connectivity index (χ1n) is 8.73. The number of aliphatic hydroxyl groups excluding tert-OH is 1. The van der Waals surface area contributed by atoms with Crippen LogP contribution in [0.3, 0.4) is 0 Å². The van der Waals surface area contributed by atoms with Gasteiger partial charge in [-0.2, -0.15) is 0 Å². The van der Waals surface area contributed by atoms with Crippen LogP contribution in [0.5, 0.6) is 11.5 Å². The molecule has 25 heavy (non-hydrogen) atoms. The van der Waals surface area contributed by atoms with Crippen molar-refractivity contribution in [1.29, 1.82) is 0 Å². The highest BCUT2D eigenvalue weighted by Gasteiger charge is 2.20. The van der Waals surface area contributed by atoms with Gasteiger partial charge in [-0.05, 0) is 31.5 Å². The van der Waals surface area contributed by atoms with E-state index in [1.165, 1.54) is 5.56 Å². The number of benzene rings is 1. The Labute approximate surface area is 156 Å². The second-order valence-corrected chi connectivity index (χ2v) is 6.80. The van der Waals surface area contributed by atoms with E-state index in [0.29, 0.717) is 19.9 Å². The molecule has 0 amide bonds. The van der Waals surface area contributed by atoms with Gasteiger partial charge < -0.3 is 19.3 Å². The van der Waals surface area contributed by atoms with Crippen molar-refractivity contribution in [3.8, 4) is 11.5 Å². The van der Waals surface area contributed by atoms with Gasteiger partial charge in [0.15, 0.2) is 11.5 Å². The van der Waals surface area contributed by atoms with Crippen molar-refractivity contribution in [1.82, 2.24) is 9.80 Å². The number of β-amino-alcohol motifs (C(OH)–C–C–N with tert-alkyl or cyclic N) is 1. The summed E-state index contributed by atoms with van der Waals surface area (Å²) in [5.41, 5.74) is 1.25. The second-order valence-electron chi connectivity index (χ2n) is 6.80. The number of aliphatic hydroxyl groups is 1. The van der Waals surface area contributed by atoms with E-state index < -0.39 is 6.10 Å². The molecule has 1 unspecified atom stereocenters. The van der Waals surface area contributed by atoms with E-state index in [9.17, 15) is 5.11 Å². The number of nitrogens with zero attached hydrogens (tertiary/aromatic N) is 2. The molecule has 2 heterocycles. The van der Waals surface area contributed by atoms with Crippen LogP contribution >= 0.6 is 12.4 Å². The lowest BCUT2D eigenvalue weighted by molar-refractivity contribution is -0.0148. The molecule has 0 aromatic heterocycles. The molecule has 2 aliphatic rings. The summed E-state index contributed by atoms with van der Waals surface area (Å²) in [4.78, 5) is 4.75. The normalized spacial score (nSPS) is 19.0. The highest BCUT2D eigenvalue weighted by Crippen LogP contribution is 2.32. The van der Waals surface area contributed by atoms with Crippen LogP contribution in [0, 0.1) is 0 Å². The van der Waals surface area contributed by atoms with Crippen molar-refractivity contribution in [2.45, 2.75) is 32.6 Å². The monoisotopic (exact) mass is 372 g/mol. The minimum Gasteiger partial charge on any atom is -0.454 e. The molecule has 1 fully saturated rings. The SMILES string of the molecule is CC(C)OCC(O)CN1CCN(Cc2ccc3c(c2)OCO3)CC1.Cl. The minimum absolute atomic E-state index is 0. The number of rotatable bonds is 7. The van der Waals surface area contributed by atoms with E-state index in [1.54, 1.807) is 0 Å². The molecule has 0 saturated carbocycles. The van der Waals surface area contributed by atoms with E-state index in [-0.39, 0.29) is 18.5 Å². The van der Waals surface area contributed by atoms with Gasteiger partial charge in [0.1, 0.15) is 0 Å². The molecular formula is C18H29ClN2O4. The maximum atomic E-state index is 10.0. The predicted molar refractivity (Wildman–Crippen MR) is 98.6 cm³/mol. The van der Waals surface area contributed by atoms with Gasteiger partial charge in [0.25, 0.3) is 0 Å². The fourth-order valence-corrected chi connectivity index (χ4v) is 3.08. The lowest BCUT2D eigenvalue weighted by atomic mass is 10.1. The maximum Gasteiger partial charge on any atom is 0.231 e. The zero-order chi connectivity index (χ0) is 16.9. The van der Waals surface area contributed by atoms with Crippen LogP contribution in [0.15, 0.2) is 18.2 Å². The van der Waals surface area contributed by atoms with Crippen molar-refractivity contribution in [2.24, 2.45) is 0 Å². The lowest BCUT2D eigenvalue weighted by Gasteiger charge is -2.35. The summed E-state index contributed by atoms with van der Waals surface area (Å²) < 4.78 is 16.3. The molecule has 1 N–H and O–H groups in total. The first-order chi connectivity index (χ1) is 11.6. The fourth-order valence-electron chi connectivity index (χ4n) is 3.08. The Bertz CT molecular complexity index is 536. The number of halogens is 1. The van der Waals surface area contributed by atoms with E-state index >= 15 is 0 Å². The molecule has 1 aromatic rings. The average molecular weight is 373 g/mol. The largest absolute Gasteiger partial charge is 0.454 e. The summed E-state index contributed by atoms with van der Waals surface area (Å²) in [5, 5.41) is 10.0. The topological polar surface area (TPSA) is 54.4 Å². The highest BCUT2D eigenvalue weighted by atomic mass is 35.5. The molecule has 0 spiro atoms. The smallest absolute Gasteiger partial charge is 0.231 e. The Morgan fingerprint density at radius 1 is 1.08 bits per heavy atom. The van der Waals surface area contributed by atoms with Gasteiger partial charge in [0, 0.05) is 39.3 Å². The summed E-state index contributed by atoms with van der Waals surface area (Å²) in [5.74, 6) is 1.68. The van der Waals surface area contributed by atoms with Gasteiger partial charge in [0.05, 0.1) is 18.8 Å². The fraction of sp³-hybridized carbons (Fsp3) is 0.667. The number of ether oxygens (including phenoxy) is 3. The van der Waals surface area contributed by atoms with Crippen molar-refractivity contribution < 1.29 is 19.3 Å². The van der Waals surface area contributed by atoms with Gasteiger partial charge in [-0.25, -0.2) is 0 Å². The molecule has 0 bridgehead atoms. The molecule has 6 nitrogen and oxygen atoms in total. The van der Waals surface area contributed by atoms with Crippen LogP contribution in [0.2, 0.25) is 0 Å². The van der Waals surface area contributed by atoms with Crippen LogP contribution in [-0.4, -0.2) is 73.2 Å². The standard InChI is InChI=1S/C18H28N2O4.ClH/c1-14(2)22-12-16(21)11-20-7-5-19(6-8-20)10-15-3-4-17-18(9-15)24-13-23-17;/h3-4,9,14,16,21H,5-8,10-13H2,1-2H3;1H. The van der Waals surface area contributed by atoms with Crippen LogP contribution in [0.25, 0.3) is 0 Å². The van der Waals surface area contributed by atoms with Crippen LogP contribution in [-0.2, 0) is 11.3 Å². The molecule has 7 heteroatoms. The quantitative estimate of drug-likeness (QED) is 0.786. The Hall–Kier alpha value is -1.05. The molecule has 0 radical (unpaired) electrons. The zero-order valence-corrected chi connectivity index (χ0v) is 15.8. The zero-order valence-electron chi connectivity index (χ0n) is 15.0. The highest BCUT2D eigenvalue weighted by molar-refractivity contribution is 5.85. The van der Waals surface area contributed by atoms with Gasteiger partial charge in [0.2, 0.25) is 6.79 Å². The van der Waals surface area contributed by atoms with Crippen molar-refractivity contribution in [2.75, 3.05) is 46.1 Å². The third-order valence-electron chi connectivity index (χ3n) is 4.40. The van der Waals surface area contributed by atoms with E-state index in [4.69, 9.17) is 14.2 Å². The molecule has 142 valence electrons.